The topological polar surface area (TPSA) is 74.6 Å². The molecule has 0 spiro atoms. The number of carbonyl (C=O) groups is 2. The van der Waals surface area contributed by atoms with Gasteiger partial charge in [0.2, 0.25) is 0 Å². The van der Waals surface area contributed by atoms with Gasteiger partial charge in [0.25, 0.3) is 0 Å². The minimum absolute atomic E-state index is 0.410. The summed E-state index contributed by atoms with van der Waals surface area (Å²) < 4.78 is 0. The van der Waals surface area contributed by atoms with Gasteiger partial charge in [-0.1, -0.05) is 6.58 Å². The van der Waals surface area contributed by atoms with Crippen LogP contribution in [0.2, 0.25) is 0 Å². The molecule has 0 aliphatic carbocycles. The zero-order chi connectivity index (χ0) is 8.31. The summed E-state index contributed by atoms with van der Waals surface area (Å²) in [5.41, 5.74) is -0.410. The molecule has 0 amide bonds. The highest BCUT2D eigenvalue weighted by Crippen LogP contribution is 2.06. The van der Waals surface area contributed by atoms with Gasteiger partial charge in [-0.3, -0.25) is 4.79 Å². The first-order chi connectivity index (χ1) is 4.46. The third-order valence-corrected chi connectivity index (χ3v) is 0.993. The van der Waals surface area contributed by atoms with E-state index in [1.807, 2.05) is 0 Å². The monoisotopic (exact) mass is 143 g/mol. The molecule has 4 nitrogen and oxygen atoms in total. The molecule has 0 aromatic carbocycles. The van der Waals surface area contributed by atoms with Crippen molar-refractivity contribution in [2.45, 2.75) is 0 Å². The fourth-order valence-electron chi connectivity index (χ4n) is 0.298. The summed E-state index contributed by atoms with van der Waals surface area (Å²) in [6.45, 7) is 6.11. The molecule has 0 aromatic heterocycles. The first kappa shape index (κ1) is 8.68. The Morgan fingerprint density at radius 1 is 1.30 bits per heavy atom. The second-order valence-corrected chi connectivity index (χ2v) is 1.72. The maximum absolute atomic E-state index is 10.1. The molecule has 4 heteroatoms. The van der Waals surface area contributed by atoms with E-state index in [1.54, 1.807) is 0 Å². The van der Waals surface area contributed by atoms with Gasteiger partial charge in [0.1, 0.15) is 0 Å². The summed E-state index contributed by atoms with van der Waals surface area (Å²) in [5.74, 6) is -3.88. The summed E-state index contributed by atoms with van der Waals surface area (Å²) in [7, 11) is 0. The van der Waals surface area contributed by atoms with Gasteiger partial charge in [0, 0.05) is 5.57 Å². The van der Waals surface area contributed by atoms with Crippen molar-refractivity contribution in [1.29, 1.82) is 0 Å². The largest absolute Gasteiger partial charge is 0.481 e. The van der Waals surface area contributed by atoms with Crippen molar-refractivity contribution in [3.05, 3.63) is 19.1 Å². The molecule has 1 radical (unpaired) electrons. The maximum Gasteiger partial charge on any atom is 0.331 e. The zero-order valence-electron chi connectivity index (χ0n) is 5.20. The van der Waals surface area contributed by atoms with Crippen molar-refractivity contribution in [2.24, 2.45) is 5.92 Å². The normalized spacial score (nSPS) is 12.1. The predicted molar refractivity (Wildman–Crippen MR) is 33.3 cm³/mol. The Kier molecular flexibility index (Phi) is 2.61. The Morgan fingerprint density at radius 3 is 1.80 bits per heavy atom. The molecule has 0 aliphatic rings. The van der Waals surface area contributed by atoms with E-state index in [9.17, 15) is 9.59 Å². The van der Waals surface area contributed by atoms with Crippen LogP contribution < -0.4 is 0 Å². The lowest BCUT2D eigenvalue weighted by Crippen LogP contribution is -2.17. The second-order valence-electron chi connectivity index (χ2n) is 1.72. The van der Waals surface area contributed by atoms with Crippen LogP contribution in [0.25, 0.3) is 0 Å². The van der Waals surface area contributed by atoms with Gasteiger partial charge in [0.15, 0.2) is 0 Å². The Morgan fingerprint density at radius 2 is 1.70 bits per heavy atom. The van der Waals surface area contributed by atoms with Gasteiger partial charge in [-0.25, -0.2) is 4.79 Å². The lowest BCUT2D eigenvalue weighted by Gasteiger charge is -2.02. The number of hydrogen-bond acceptors (Lipinski definition) is 2. The van der Waals surface area contributed by atoms with Crippen LogP contribution in [-0.2, 0) is 9.59 Å². The Labute approximate surface area is 57.8 Å². The van der Waals surface area contributed by atoms with Crippen molar-refractivity contribution in [1.82, 2.24) is 0 Å². The Bertz CT molecular complexity index is 182. The minimum Gasteiger partial charge on any atom is -0.481 e. The minimum atomic E-state index is -1.33. The third kappa shape index (κ3) is 1.89. The molecule has 0 rings (SSSR count). The highest BCUT2D eigenvalue weighted by molar-refractivity contribution is 5.93. The SMILES string of the molecule is [CH2]C(C(=C)C(=O)O)C(=O)O. The first-order valence-electron chi connectivity index (χ1n) is 2.44. The number of rotatable bonds is 3. The average molecular weight is 143 g/mol. The fraction of sp³-hybridized carbons (Fsp3) is 0.167. The fourth-order valence-corrected chi connectivity index (χ4v) is 0.298. The molecule has 2 N–H and O–H groups in total. The predicted octanol–water partition coefficient (Wildman–Crippen LogP) is 0.162. The molecule has 0 saturated heterocycles. The summed E-state index contributed by atoms with van der Waals surface area (Å²) >= 11 is 0. The Hall–Kier alpha value is -1.32. The molecule has 0 heterocycles. The number of carboxylic acid groups (broad SMARTS) is 2. The van der Waals surface area contributed by atoms with Gasteiger partial charge in [0.05, 0.1) is 5.92 Å². The van der Waals surface area contributed by atoms with E-state index in [4.69, 9.17) is 10.2 Å². The highest BCUT2D eigenvalue weighted by Gasteiger charge is 2.19. The van der Waals surface area contributed by atoms with Crippen molar-refractivity contribution >= 4 is 11.9 Å². The molecule has 1 unspecified atom stereocenters. The lowest BCUT2D eigenvalue weighted by molar-refractivity contribution is -0.142. The molecular formula is C6H7O4. The van der Waals surface area contributed by atoms with Crippen molar-refractivity contribution < 1.29 is 19.8 Å². The van der Waals surface area contributed by atoms with E-state index in [0.29, 0.717) is 0 Å². The molecule has 0 saturated carbocycles. The molecule has 1 atom stereocenters. The summed E-state index contributed by atoms with van der Waals surface area (Å²) in [4.78, 5) is 20.1. The number of carboxylic acids is 2. The van der Waals surface area contributed by atoms with Crippen LogP contribution in [0, 0.1) is 12.8 Å². The smallest absolute Gasteiger partial charge is 0.331 e. The van der Waals surface area contributed by atoms with Gasteiger partial charge < -0.3 is 10.2 Å². The summed E-state index contributed by atoms with van der Waals surface area (Å²) in [6.07, 6.45) is 0. The van der Waals surface area contributed by atoms with Crippen LogP contribution in [-0.4, -0.2) is 22.2 Å². The van der Waals surface area contributed by atoms with Crippen molar-refractivity contribution in [3.8, 4) is 0 Å². The molecule has 0 bridgehead atoms. The molecule has 55 valence electrons. The molecule has 0 aromatic rings. The van der Waals surface area contributed by atoms with Crippen LogP contribution in [0.15, 0.2) is 12.2 Å². The van der Waals surface area contributed by atoms with Crippen molar-refractivity contribution in [3.63, 3.8) is 0 Å². The quantitative estimate of drug-likeness (QED) is 0.552. The summed E-state index contributed by atoms with van der Waals surface area (Å²) in [5, 5.41) is 16.4. The standard InChI is InChI=1S/C6H7O4/c1-3(5(7)8)4(2)6(9)10/h3H,1-2H2,(H,7,8)(H,9,10). The van der Waals surface area contributed by atoms with Crippen LogP contribution >= 0.6 is 0 Å². The second kappa shape index (κ2) is 3.00. The molecule has 0 aliphatic heterocycles. The lowest BCUT2D eigenvalue weighted by atomic mass is 10.0. The van der Waals surface area contributed by atoms with Gasteiger partial charge >= 0.3 is 11.9 Å². The van der Waals surface area contributed by atoms with Crippen molar-refractivity contribution in [2.75, 3.05) is 0 Å². The van der Waals surface area contributed by atoms with E-state index in [1.165, 1.54) is 0 Å². The van der Waals surface area contributed by atoms with Crippen LogP contribution in [0.3, 0.4) is 0 Å². The molecule has 10 heavy (non-hydrogen) atoms. The van der Waals surface area contributed by atoms with E-state index >= 15 is 0 Å². The molecular weight excluding hydrogens is 136 g/mol. The van der Waals surface area contributed by atoms with Gasteiger partial charge in [-0.15, -0.1) is 0 Å². The van der Waals surface area contributed by atoms with Crippen LogP contribution in [0.1, 0.15) is 0 Å². The van der Waals surface area contributed by atoms with Gasteiger partial charge in [-0.2, -0.15) is 0 Å². The van der Waals surface area contributed by atoms with E-state index < -0.39 is 23.4 Å². The average Bonchev–Trinajstić information content (AvgIpc) is 1.84. The van der Waals surface area contributed by atoms with Crippen LogP contribution in [0.4, 0.5) is 0 Å². The van der Waals surface area contributed by atoms with E-state index in [2.05, 4.69) is 13.5 Å². The number of aliphatic carboxylic acids is 2. The first-order valence-corrected chi connectivity index (χ1v) is 2.44. The third-order valence-electron chi connectivity index (χ3n) is 0.993. The number of hydrogen-bond donors (Lipinski definition) is 2. The molecule has 0 fully saturated rings. The van der Waals surface area contributed by atoms with E-state index in [0.717, 1.165) is 0 Å². The van der Waals surface area contributed by atoms with E-state index in [-0.39, 0.29) is 0 Å². The highest BCUT2D eigenvalue weighted by atomic mass is 16.4. The summed E-state index contributed by atoms with van der Waals surface area (Å²) in [6, 6.07) is 0. The maximum atomic E-state index is 10.1. The van der Waals surface area contributed by atoms with Crippen LogP contribution in [0.5, 0.6) is 0 Å². The Balaban J connectivity index is 4.22. The zero-order valence-corrected chi connectivity index (χ0v) is 5.20. The van der Waals surface area contributed by atoms with Gasteiger partial charge in [-0.05, 0) is 6.92 Å².